The van der Waals surface area contributed by atoms with Crippen LogP contribution in [0.25, 0.3) is 0 Å². The molecule has 0 spiro atoms. The zero-order chi connectivity index (χ0) is 23.5. The standard InChI is InChI=1S/C10H15N.C6H13N.C5H11NO.C5H13N/c1-9(11(2)3)10-7-5-4-6-8-10;1-7-5-3-2-4-6-7;1-6-2-4-7-5-3-6;1-4-6(3)5-2/h4-9,11H,2H2,1,3H3;7H,1-6H2;6H,1-5H2;6H,3-5H2,1-2H3/t9-;;;/m1.../s1. The molecule has 1 aromatic carbocycles. The summed E-state index contributed by atoms with van der Waals surface area (Å²) in [6.07, 6.45) is 4.21. The molecule has 2 saturated heterocycles. The summed E-state index contributed by atoms with van der Waals surface area (Å²) in [7, 11) is 17.5. The summed E-state index contributed by atoms with van der Waals surface area (Å²) in [5.41, 5.74) is 1.35. The van der Waals surface area contributed by atoms with Gasteiger partial charge in [0.15, 0.2) is 0 Å². The molecular formula is C26H52N4O. The van der Waals surface area contributed by atoms with Crippen LogP contribution in [0.4, 0.5) is 0 Å². The number of ether oxygens (including phenoxy) is 1. The van der Waals surface area contributed by atoms with Crippen LogP contribution in [0.1, 0.15) is 51.6 Å². The molecule has 1 aromatic rings. The molecular weight excluding hydrogens is 384 g/mol. The SMILES string of the molecule is [CH2-][NH+](C)[C@H](C)c1ccccc1.[CH2-][NH+](CC)CC.[CH2-][NH+]1CCCCC1.[CH2-][NH+]1CCOCC1. The van der Waals surface area contributed by atoms with Crippen molar-refractivity contribution >= 4 is 0 Å². The van der Waals surface area contributed by atoms with Crippen LogP contribution < -0.4 is 19.6 Å². The Hall–Kier alpha value is -0.980. The Bertz CT molecular complexity index is 465. The molecule has 2 atom stereocenters. The number of benzene rings is 1. The Balaban J connectivity index is 0.000000400. The minimum absolute atomic E-state index is 0.483. The van der Waals surface area contributed by atoms with E-state index in [0.29, 0.717) is 6.04 Å². The maximum atomic E-state index is 5.08. The minimum atomic E-state index is 0.483. The van der Waals surface area contributed by atoms with Gasteiger partial charge >= 0.3 is 0 Å². The van der Waals surface area contributed by atoms with Gasteiger partial charge in [-0.25, -0.2) is 0 Å². The second-order valence-electron chi connectivity index (χ2n) is 8.61. The summed E-state index contributed by atoms with van der Waals surface area (Å²) in [5.74, 6) is 0. The number of quaternary nitrogens is 4. The molecule has 0 radical (unpaired) electrons. The lowest BCUT2D eigenvalue weighted by atomic mass is 10.1. The van der Waals surface area contributed by atoms with Crippen molar-refractivity contribution < 1.29 is 24.3 Å². The number of hydrogen-bond acceptors (Lipinski definition) is 1. The average molecular weight is 437 g/mol. The fraction of sp³-hybridized carbons (Fsp3) is 0.615. The van der Waals surface area contributed by atoms with E-state index in [1.54, 1.807) is 0 Å². The molecule has 1 unspecified atom stereocenters. The van der Waals surface area contributed by atoms with Crippen LogP contribution in [-0.4, -0.2) is 59.5 Å². The first kappa shape index (κ1) is 30.0. The van der Waals surface area contributed by atoms with Crippen LogP contribution in [-0.2, 0) is 4.74 Å². The second-order valence-corrected chi connectivity index (χ2v) is 8.61. The average Bonchev–Trinajstić information content (AvgIpc) is 2.81. The molecule has 2 aliphatic heterocycles. The fourth-order valence-corrected chi connectivity index (χ4v) is 2.99. The summed E-state index contributed by atoms with van der Waals surface area (Å²) in [4.78, 5) is 5.36. The Kier molecular flexibility index (Phi) is 19.1. The van der Waals surface area contributed by atoms with Crippen molar-refractivity contribution in [2.24, 2.45) is 0 Å². The fourth-order valence-electron chi connectivity index (χ4n) is 2.99. The minimum Gasteiger partial charge on any atom is -0.468 e. The molecule has 2 aliphatic rings. The van der Waals surface area contributed by atoms with Crippen molar-refractivity contribution in [2.75, 3.05) is 59.5 Å². The van der Waals surface area contributed by atoms with E-state index in [-0.39, 0.29) is 0 Å². The highest BCUT2D eigenvalue weighted by Gasteiger charge is 2.05. The van der Waals surface area contributed by atoms with Gasteiger partial charge in [-0.2, -0.15) is 28.2 Å². The van der Waals surface area contributed by atoms with E-state index < -0.39 is 0 Å². The lowest BCUT2D eigenvalue weighted by Gasteiger charge is -2.24. The first-order chi connectivity index (χ1) is 14.8. The Labute approximate surface area is 194 Å². The number of nitrogens with one attached hydrogen (secondary N) is 4. The Morgan fingerprint density at radius 1 is 0.871 bits per heavy atom. The molecule has 0 aromatic heterocycles. The molecule has 0 amide bonds. The van der Waals surface area contributed by atoms with Crippen molar-refractivity contribution in [1.29, 1.82) is 0 Å². The summed E-state index contributed by atoms with van der Waals surface area (Å²) in [6, 6.07) is 10.9. The van der Waals surface area contributed by atoms with Gasteiger partial charge in [-0.05, 0) is 40.0 Å². The van der Waals surface area contributed by atoms with Crippen LogP contribution >= 0.6 is 0 Å². The third-order valence-corrected chi connectivity index (χ3v) is 5.80. The van der Waals surface area contributed by atoms with E-state index in [9.17, 15) is 0 Å². The van der Waals surface area contributed by atoms with Crippen LogP contribution in [0.2, 0.25) is 0 Å². The van der Waals surface area contributed by atoms with E-state index in [1.165, 1.54) is 57.5 Å². The zero-order valence-corrected chi connectivity index (χ0v) is 21.0. The molecule has 0 bridgehead atoms. The third kappa shape index (κ3) is 17.3. The number of rotatable bonds is 4. The number of morpholine rings is 1. The van der Waals surface area contributed by atoms with Crippen LogP contribution in [0.5, 0.6) is 0 Å². The lowest BCUT2D eigenvalue weighted by Crippen LogP contribution is -3.09. The highest BCUT2D eigenvalue weighted by molar-refractivity contribution is 5.16. The van der Waals surface area contributed by atoms with Gasteiger partial charge in [0, 0.05) is 12.6 Å². The predicted molar refractivity (Wildman–Crippen MR) is 131 cm³/mol. The Morgan fingerprint density at radius 3 is 1.65 bits per heavy atom. The van der Waals surface area contributed by atoms with Crippen molar-refractivity contribution in [3.05, 3.63) is 64.1 Å². The van der Waals surface area contributed by atoms with E-state index in [1.807, 2.05) is 6.07 Å². The largest absolute Gasteiger partial charge is 0.468 e. The van der Waals surface area contributed by atoms with Gasteiger partial charge < -0.3 is 24.3 Å². The molecule has 0 aliphatic carbocycles. The van der Waals surface area contributed by atoms with Gasteiger partial charge in [0.05, 0.1) is 58.5 Å². The van der Waals surface area contributed by atoms with Gasteiger partial charge in [0.25, 0.3) is 0 Å². The van der Waals surface area contributed by atoms with E-state index in [4.69, 9.17) is 4.74 Å². The molecule has 4 N–H and O–H groups in total. The molecule has 31 heavy (non-hydrogen) atoms. The maximum Gasteiger partial charge on any atom is 0.0938 e. The maximum absolute atomic E-state index is 5.08. The lowest BCUT2D eigenvalue weighted by molar-refractivity contribution is -0.864. The van der Waals surface area contributed by atoms with Crippen molar-refractivity contribution in [2.45, 2.75) is 46.1 Å². The van der Waals surface area contributed by atoms with Gasteiger partial charge in [-0.3, -0.25) is 0 Å². The molecule has 182 valence electrons. The van der Waals surface area contributed by atoms with Gasteiger partial charge in [-0.1, -0.05) is 30.3 Å². The van der Waals surface area contributed by atoms with Crippen LogP contribution in [0, 0.1) is 28.2 Å². The van der Waals surface area contributed by atoms with Crippen molar-refractivity contribution in [3.8, 4) is 0 Å². The summed E-state index contributed by atoms with van der Waals surface area (Å²) < 4.78 is 5.08. The van der Waals surface area contributed by atoms with Crippen LogP contribution in [0.3, 0.4) is 0 Å². The highest BCUT2D eigenvalue weighted by Crippen LogP contribution is 2.06. The molecule has 0 saturated carbocycles. The summed E-state index contributed by atoms with van der Waals surface area (Å²) >= 11 is 0. The third-order valence-electron chi connectivity index (χ3n) is 5.80. The first-order valence-corrected chi connectivity index (χ1v) is 12.1. The topological polar surface area (TPSA) is 27.0 Å². The van der Waals surface area contributed by atoms with Gasteiger partial charge in [0.2, 0.25) is 0 Å². The quantitative estimate of drug-likeness (QED) is 0.462. The van der Waals surface area contributed by atoms with E-state index in [2.05, 4.69) is 80.3 Å². The molecule has 5 heteroatoms. The highest BCUT2D eigenvalue weighted by atomic mass is 16.5. The zero-order valence-electron chi connectivity index (χ0n) is 21.0. The number of piperidine rings is 1. The van der Waals surface area contributed by atoms with Crippen molar-refractivity contribution in [3.63, 3.8) is 0 Å². The second kappa shape index (κ2) is 19.7. The van der Waals surface area contributed by atoms with Crippen molar-refractivity contribution in [1.82, 2.24) is 0 Å². The van der Waals surface area contributed by atoms with Gasteiger partial charge in [-0.15, -0.1) is 0 Å². The first-order valence-electron chi connectivity index (χ1n) is 12.1. The van der Waals surface area contributed by atoms with Gasteiger partial charge in [0.1, 0.15) is 0 Å². The normalized spacial score (nSPS) is 19.0. The smallest absolute Gasteiger partial charge is 0.0938 e. The Morgan fingerprint density at radius 2 is 1.35 bits per heavy atom. The molecule has 2 fully saturated rings. The van der Waals surface area contributed by atoms with E-state index in [0.717, 1.165) is 39.4 Å². The summed E-state index contributed by atoms with van der Waals surface area (Å²) in [5, 5.41) is 0. The van der Waals surface area contributed by atoms with E-state index >= 15 is 0 Å². The van der Waals surface area contributed by atoms with Crippen LogP contribution in [0.15, 0.2) is 30.3 Å². The molecule has 5 nitrogen and oxygen atoms in total. The molecule has 3 rings (SSSR count). The summed E-state index contributed by atoms with van der Waals surface area (Å²) in [6.45, 7) is 15.2. The monoisotopic (exact) mass is 436 g/mol. The predicted octanol–water partition coefficient (Wildman–Crippen LogP) is -0.704. The number of hydrogen-bond donors (Lipinski definition) is 4. The number of likely N-dealkylation sites (tertiary alicyclic amines) is 1. The molecule has 2 heterocycles.